The molecule has 2 unspecified atom stereocenters. The number of nitrogens with one attached hydrogen (secondary N) is 1. The molecular formula is C18H17FN4O. The van der Waals surface area contributed by atoms with E-state index in [1.165, 1.54) is 0 Å². The van der Waals surface area contributed by atoms with Crippen LogP contribution in [0.5, 0.6) is 0 Å². The molecule has 1 fully saturated rings. The predicted molar refractivity (Wildman–Crippen MR) is 89.5 cm³/mol. The number of rotatable bonds is 3. The Morgan fingerprint density at radius 1 is 1.33 bits per heavy atom. The van der Waals surface area contributed by atoms with Crippen LogP contribution in [0.1, 0.15) is 17.7 Å². The molecule has 2 atom stereocenters. The van der Waals surface area contributed by atoms with Crippen molar-refractivity contribution in [2.75, 3.05) is 5.32 Å². The van der Waals surface area contributed by atoms with Gasteiger partial charge in [-0.2, -0.15) is 0 Å². The molecule has 0 bridgehead atoms. The molecule has 1 saturated carbocycles. The number of carbonyl (C=O) groups is 1. The van der Waals surface area contributed by atoms with Crippen LogP contribution in [0.15, 0.2) is 36.8 Å². The summed E-state index contributed by atoms with van der Waals surface area (Å²) >= 11 is 0. The van der Waals surface area contributed by atoms with Crippen LogP contribution in [0.4, 0.5) is 10.2 Å². The summed E-state index contributed by atoms with van der Waals surface area (Å²) in [5, 5.41) is 2.74. The molecule has 24 heavy (non-hydrogen) atoms. The molecule has 1 aliphatic rings. The van der Waals surface area contributed by atoms with Gasteiger partial charge in [-0.3, -0.25) is 9.78 Å². The van der Waals surface area contributed by atoms with Crippen LogP contribution in [-0.2, 0) is 4.79 Å². The van der Waals surface area contributed by atoms with E-state index in [1.807, 2.05) is 48.8 Å². The Morgan fingerprint density at radius 3 is 2.83 bits per heavy atom. The van der Waals surface area contributed by atoms with Gasteiger partial charge in [0.1, 0.15) is 11.8 Å². The molecule has 1 amide bonds. The van der Waals surface area contributed by atoms with E-state index >= 15 is 0 Å². The number of imidazole rings is 1. The van der Waals surface area contributed by atoms with Gasteiger partial charge >= 0.3 is 0 Å². The van der Waals surface area contributed by atoms with Crippen molar-refractivity contribution in [1.29, 1.82) is 0 Å². The lowest BCUT2D eigenvalue weighted by molar-refractivity contribution is -0.117. The Hall–Kier alpha value is -2.76. The molecule has 0 saturated heterocycles. The first-order valence-electron chi connectivity index (χ1n) is 7.89. The topological polar surface area (TPSA) is 59.3 Å². The number of aryl methyl sites for hydroxylation is 2. The molecule has 1 aliphatic carbocycles. The lowest BCUT2D eigenvalue weighted by Crippen LogP contribution is -2.16. The van der Waals surface area contributed by atoms with Gasteiger partial charge in [0.2, 0.25) is 5.91 Å². The number of anilines is 1. The monoisotopic (exact) mass is 324 g/mol. The fraction of sp³-hybridized carbons (Fsp3) is 0.278. The third kappa shape index (κ3) is 2.44. The molecule has 0 spiro atoms. The summed E-state index contributed by atoms with van der Waals surface area (Å²) < 4.78 is 14.9. The maximum atomic E-state index is 13.0. The summed E-state index contributed by atoms with van der Waals surface area (Å²) in [6.45, 7) is 3.92. The van der Waals surface area contributed by atoms with E-state index < -0.39 is 12.1 Å². The molecule has 6 heteroatoms. The van der Waals surface area contributed by atoms with Crippen molar-refractivity contribution >= 4 is 17.4 Å². The summed E-state index contributed by atoms with van der Waals surface area (Å²) in [4.78, 5) is 20.6. The maximum absolute atomic E-state index is 13.0. The second-order valence-corrected chi connectivity index (χ2v) is 6.23. The molecule has 3 aromatic heterocycles. The molecule has 3 aromatic rings. The second-order valence-electron chi connectivity index (χ2n) is 6.23. The Labute approximate surface area is 138 Å². The van der Waals surface area contributed by atoms with Crippen molar-refractivity contribution in [1.82, 2.24) is 14.4 Å². The van der Waals surface area contributed by atoms with Gasteiger partial charge in [0.05, 0.1) is 11.6 Å². The van der Waals surface area contributed by atoms with Crippen molar-refractivity contribution < 1.29 is 9.18 Å². The van der Waals surface area contributed by atoms with E-state index in [2.05, 4.69) is 15.3 Å². The van der Waals surface area contributed by atoms with Crippen molar-refractivity contribution in [2.24, 2.45) is 5.92 Å². The summed E-state index contributed by atoms with van der Waals surface area (Å²) in [5.74, 6) is -0.334. The van der Waals surface area contributed by atoms with Gasteiger partial charge in [0.25, 0.3) is 0 Å². The normalized spacial score (nSPS) is 19.5. The van der Waals surface area contributed by atoms with Gasteiger partial charge in [-0.05, 0) is 44.0 Å². The number of nitrogens with zero attached hydrogens (tertiary/aromatic N) is 3. The minimum absolute atomic E-state index is 0.294. The summed E-state index contributed by atoms with van der Waals surface area (Å²) in [7, 11) is 0. The maximum Gasteiger partial charge on any atom is 0.231 e. The van der Waals surface area contributed by atoms with E-state index in [4.69, 9.17) is 0 Å². The molecule has 0 aromatic carbocycles. The van der Waals surface area contributed by atoms with E-state index in [1.54, 1.807) is 6.20 Å². The minimum atomic E-state index is -1.01. The Kier molecular flexibility index (Phi) is 3.33. The molecular weight excluding hydrogens is 307 g/mol. The Balaban J connectivity index is 1.71. The van der Waals surface area contributed by atoms with Crippen LogP contribution in [0, 0.1) is 19.8 Å². The van der Waals surface area contributed by atoms with Gasteiger partial charge in [0.15, 0.2) is 5.82 Å². The third-order valence-electron chi connectivity index (χ3n) is 4.50. The number of hydrogen-bond donors (Lipinski definition) is 1. The van der Waals surface area contributed by atoms with Crippen LogP contribution in [0.3, 0.4) is 0 Å². The van der Waals surface area contributed by atoms with Gasteiger partial charge < -0.3 is 9.72 Å². The zero-order valence-corrected chi connectivity index (χ0v) is 13.5. The van der Waals surface area contributed by atoms with Crippen molar-refractivity contribution in [3.63, 3.8) is 0 Å². The highest BCUT2D eigenvalue weighted by Gasteiger charge is 2.44. The Morgan fingerprint density at radius 2 is 2.12 bits per heavy atom. The number of halogens is 1. The van der Waals surface area contributed by atoms with E-state index in [-0.39, 0.29) is 5.91 Å². The van der Waals surface area contributed by atoms with Crippen molar-refractivity contribution in [3.8, 4) is 11.1 Å². The zero-order chi connectivity index (χ0) is 16.8. The molecule has 3 heterocycles. The van der Waals surface area contributed by atoms with Gasteiger partial charge in [-0.1, -0.05) is 0 Å². The first-order chi connectivity index (χ1) is 11.5. The quantitative estimate of drug-likeness (QED) is 0.804. The number of fused-ring (bicyclic) bond motifs is 1. The van der Waals surface area contributed by atoms with E-state index in [0.29, 0.717) is 12.2 Å². The molecule has 1 N–H and O–H groups in total. The average Bonchev–Trinajstić information content (AvgIpc) is 3.23. The first kappa shape index (κ1) is 14.8. The van der Waals surface area contributed by atoms with Crippen LogP contribution in [0.25, 0.3) is 16.8 Å². The molecule has 0 aliphatic heterocycles. The smallest absolute Gasteiger partial charge is 0.231 e. The van der Waals surface area contributed by atoms with Crippen molar-refractivity contribution in [3.05, 3.63) is 48.0 Å². The Bertz CT molecular complexity index is 949. The molecule has 5 nitrogen and oxygen atoms in total. The first-order valence-corrected chi connectivity index (χ1v) is 7.89. The van der Waals surface area contributed by atoms with Crippen LogP contribution in [0.2, 0.25) is 0 Å². The second kappa shape index (κ2) is 5.40. The van der Waals surface area contributed by atoms with Gasteiger partial charge in [-0.15, -0.1) is 0 Å². The van der Waals surface area contributed by atoms with Crippen LogP contribution in [-0.4, -0.2) is 26.4 Å². The minimum Gasteiger partial charge on any atom is -0.309 e. The highest BCUT2D eigenvalue weighted by molar-refractivity contribution is 5.94. The van der Waals surface area contributed by atoms with Crippen LogP contribution >= 0.6 is 0 Å². The fourth-order valence-corrected chi connectivity index (χ4v) is 2.85. The number of aromatic nitrogens is 3. The number of amides is 1. The number of pyridine rings is 2. The number of carbonyl (C=O) groups excluding carboxylic acids is 1. The standard InChI is InChI=1S/C18H17FN4O/c1-10-5-6-20-8-14(10)12-3-4-16-21-17(11(2)23(16)9-12)22-18(24)13-7-15(13)19/h3-6,8-9,13,15H,7H2,1-2H3,(H,22,24). The average molecular weight is 324 g/mol. The number of alkyl halides is 1. The zero-order valence-electron chi connectivity index (χ0n) is 13.5. The van der Waals surface area contributed by atoms with Crippen molar-refractivity contribution in [2.45, 2.75) is 26.4 Å². The lowest BCUT2D eigenvalue weighted by atomic mass is 10.1. The summed E-state index contributed by atoms with van der Waals surface area (Å²) in [6, 6.07) is 5.85. The van der Waals surface area contributed by atoms with E-state index in [9.17, 15) is 9.18 Å². The van der Waals surface area contributed by atoms with Gasteiger partial charge in [-0.25, -0.2) is 9.37 Å². The highest BCUT2D eigenvalue weighted by Crippen LogP contribution is 2.35. The summed E-state index contributed by atoms with van der Waals surface area (Å²) in [5.41, 5.74) is 4.77. The molecule has 4 rings (SSSR count). The fourth-order valence-electron chi connectivity index (χ4n) is 2.85. The van der Waals surface area contributed by atoms with Gasteiger partial charge in [0, 0.05) is 29.7 Å². The SMILES string of the molecule is Cc1ccncc1-c1ccc2nc(NC(=O)C3CC3F)c(C)n2c1. The van der Waals surface area contributed by atoms with E-state index in [0.717, 1.165) is 28.0 Å². The third-order valence-corrected chi connectivity index (χ3v) is 4.50. The molecule has 122 valence electrons. The van der Waals surface area contributed by atoms with Crippen LogP contribution < -0.4 is 5.32 Å². The predicted octanol–water partition coefficient (Wildman–Crippen LogP) is 3.31. The molecule has 0 radical (unpaired) electrons. The lowest BCUT2D eigenvalue weighted by Gasteiger charge is -2.06. The highest BCUT2D eigenvalue weighted by atomic mass is 19.1. The number of hydrogen-bond acceptors (Lipinski definition) is 3. The largest absolute Gasteiger partial charge is 0.309 e. The summed E-state index contributed by atoms with van der Waals surface area (Å²) in [6.07, 6.45) is 4.88.